The number of halogens is 1. The highest BCUT2D eigenvalue weighted by Gasteiger charge is 2.05. The summed E-state index contributed by atoms with van der Waals surface area (Å²) in [5.41, 5.74) is 6.65. The van der Waals surface area contributed by atoms with Gasteiger partial charge in [-0.05, 0) is 36.4 Å². The molecule has 0 aliphatic rings. The summed E-state index contributed by atoms with van der Waals surface area (Å²) >= 11 is 3.42. The third-order valence-electron chi connectivity index (χ3n) is 2.54. The largest absolute Gasteiger partial charge is 0.497 e. The van der Waals surface area contributed by atoms with Crippen molar-refractivity contribution >= 4 is 15.9 Å². The minimum atomic E-state index is 0.443. The fraction of sp³-hybridized carbons (Fsp3) is 0.143. The SMILES string of the molecule is COc1ccc(Oc2cc(Br)ccc2CN)cc1. The molecule has 0 saturated carbocycles. The molecule has 2 rings (SSSR count). The molecule has 0 aromatic heterocycles. The van der Waals surface area contributed by atoms with E-state index in [1.54, 1.807) is 7.11 Å². The molecule has 0 heterocycles. The van der Waals surface area contributed by atoms with E-state index in [1.165, 1.54) is 0 Å². The number of ether oxygens (including phenoxy) is 2. The number of methoxy groups -OCH3 is 1. The Morgan fingerprint density at radius 2 is 1.72 bits per heavy atom. The summed E-state index contributed by atoms with van der Waals surface area (Å²) in [6.07, 6.45) is 0. The molecule has 18 heavy (non-hydrogen) atoms. The van der Waals surface area contributed by atoms with Gasteiger partial charge in [0.05, 0.1) is 7.11 Å². The molecule has 0 aliphatic heterocycles. The molecular weight excluding hydrogens is 294 g/mol. The van der Waals surface area contributed by atoms with Crippen LogP contribution in [0.4, 0.5) is 0 Å². The maximum absolute atomic E-state index is 5.82. The highest BCUT2D eigenvalue weighted by atomic mass is 79.9. The van der Waals surface area contributed by atoms with E-state index in [2.05, 4.69) is 15.9 Å². The van der Waals surface area contributed by atoms with E-state index in [9.17, 15) is 0 Å². The van der Waals surface area contributed by atoms with Crippen LogP contribution in [0.15, 0.2) is 46.9 Å². The number of benzene rings is 2. The van der Waals surface area contributed by atoms with Gasteiger partial charge < -0.3 is 15.2 Å². The lowest BCUT2D eigenvalue weighted by atomic mass is 10.2. The molecule has 0 fully saturated rings. The molecular formula is C14H14BrNO2. The average Bonchev–Trinajstić information content (AvgIpc) is 2.40. The summed E-state index contributed by atoms with van der Waals surface area (Å²) in [4.78, 5) is 0. The lowest BCUT2D eigenvalue weighted by molar-refractivity contribution is 0.412. The quantitative estimate of drug-likeness (QED) is 0.936. The van der Waals surface area contributed by atoms with E-state index >= 15 is 0 Å². The average molecular weight is 308 g/mol. The van der Waals surface area contributed by atoms with Gasteiger partial charge in [0.25, 0.3) is 0 Å². The van der Waals surface area contributed by atoms with Crippen molar-refractivity contribution in [3.63, 3.8) is 0 Å². The van der Waals surface area contributed by atoms with Gasteiger partial charge in [0.15, 0.2) is 0 Å². The number of rotatable bonds is 4. The van der Waals surface area contributed by atoms with Gasteiger partial charge in [-0.2, -0.15) is 0 Å². The van der Waals surface area contributed by atoms with E-state index in [0.717, 1.165) is 27.3 Å². The van der Waals surface area contributed by atoms with Crippen LogP contribution in [-0.4, -0.2) is 7.11 Å². The van der Waals surface area contributed by atoms with Gasteiger partial charge in [0.1, 0.15) is 17.2 Å². The van der Waals surface area contributed by atoms with Crippen LogP contribution >= 0.6 is 15.9 Å². The van der Waals surface area contributed by atoms with Crippen LogP contribution in [0.5, 0.6) is 17.2 Å². The molecule has 2 aromatic rings. The molecule has 3 nitrogen and oxygen atoms in total. The second-order valence-electron chi connectivity index (χ2n) is 3.73. The first-order valence-corrected chi connectivity index (χ1v) is 6.32. The molecule has 0 aliphatic carbocycles. The molecule has 0 amide bonds. The molecule has 0 unspecified atom stereocenters. The van der Waals surface area contributed by atoms with Crippen LogP contribution in [0, 0.1) is 0 Å². The maximum atomic E-state index is 5.82. The Morgan fingerprint density at radius 1 is 1.06 bits per heavy atom. The van der Waals surface area contributed by atoms with E-state index in [-0.39, 0.29) is 0 Å². The summed E-state index contributed by atoms with van der Waals surface area (Å²) < 4.78 is 11.9. The van der Waals surface area contributed by atoms with Crippen LogP contribution in [0.25, 0.3) is 0 Å². The van der Waals surface area contributed by atoms with E-state index in [1.807, 2.05) is 42.5 Å². The summed E-state index contributed by atoms with van der Waals surface area (Å²) in [5, 5.41) is 0. The molecule has 0 spiro atoms. The Bertz CT molecular complexity index is 526. The standard InChI is InChI=1S/C14H14BrNO2/c1-17-12-4-6-13(7-5-12)18-14-8-11(15)3-2-10(14)9-16/h2-8H,9,16H2,1H3. The van der Waals surface area contributed by atoms with Crippen molar-refractivity contribution in [2.45, 2.75) is 6.54 Å². The highest BCUT2D eigenvalue weighted by Crippen LogP contribution is 2.29. The number of hydrogen-bond donors (Lipinski definition) is 1. The van der Waals surface area contributed by atoms with Gasteiger partial charge in [0.2, 0.25) is 0 Å². The Labute approximate surface area is 115 Å². The van der Waals surface area contributed by atoms with Crippen molar-refractivity contribution in [3.8, 4) is 17.2 Å². The first kappa shape index (κ1) is 12.9. The number of nitrogens with two attached hydrogens (primary N) is 1. The van der Waals surface area contributed by atoms with Gasteiger partial charge in [-0.1, -0.05) is 22.0 Å². The second-order valence-corrected chi connectivity index (χ2v) is 4.65. The van der Waals surface area contributed by atoms with E-state index < -0.39 is 0 Å². The fourth-order valence-corrected chi connectivity index (χ4v) is 1.90. The first-order valence-electron chi connectivity index (χ1n) is 5.53. The highest BCUT2D eigenvalue weighted by molar-refractivity contribution is 9.10. The van der Waals surface area contributed by atoms with Gasteiger partial charge >= 0.3 is 0 Å². The zero-order valence-corrected chi connectivity index (χ0v) is 11.6. The minimum absolute atomic E-state index is 0.443. The lowest BCUT2D eigenvalue weighted by Crippen LogP contribution is -1.99. The van der Waals surface area contributed by atoms with E-state index in [0.29, 0.717) is 6.54 Å². The third kappa shape index (κ3) is 3.03. The van der Waals surface area contributed by atoms with Crippen molar-refractivity contribution in [3.05, 3.63) is 52.5 Å². The zero-order valence-electron chi connectivity index (χ0n) is 10.0. The predicted octanol–water partition coefficient (Wildman–Crippen LogP) is 3.71. The minimum Gasteiger partial charge on any atom is -0.497 e. The molecule has 0 radical (unpaired) electrons. The Morgan fingerprint density at radius 3 is 2.33 bits per heavy atom. The summed E-state index contributed by atoms with van der Waals surface area (Å²) in [6, 6.07) is 13.2. The Kier molecular flexibility index (Phi) is 4.23. The van der Waals surface area contributed by atoms with Crippen molar-refractivity contribution in [1.82, 2.24) is 0 Å². The monoisotopic (exact) mass is 307 g/mol. The zero-order chi connectivity index (χ0) is 13.0. The maximum Gasteiger partial charge on any atom is 0.133 e. The van der Waals surface area contributed by atoms with Crippen LogP contribution in [-0.2, 0) is 6.54 Å². The van der Waals surface area contributed by atoms with Crippen LogP contribution < -0.4 is 15.2 Å². The van der Waals surface area contributed by atoms with E-state index in [4.69, 9.17) is 15.2 Å². The van der Waals surface area contributed by atoms with Crippen LogP contribution in [0.2, 0.25) is 0 Å². The molecule has 2 aromatic carbocycles. The third-order valence-corrected chi connectivity index (χ3v) is 3.03. The van der Waals surface area contributed by atoms with Crippen molar-refractivity contribution < 1.29 is 9.47 Å². The van der Waals surface area contributed by atoms with Crippen molar-refractivity contribution in [1.29, 1.82) is 0 Å². The topological polar surface area (TPSA) is 44.5 Å². The molecule has 2 N–H and O–H groups in total. The smallest absolute Gasteiger partial charge is 0.133 e. The number of hydrogen-bond acceptors (Lipinski definition) is 3. The van der Waals surface area contributed by atoms with Gasteiger partial charge in [0, 0.05) is 16.6 Å². The first-order chi connectivity index (χ1) is 8.72. The summed E-state index contributed by atoms with van der Waals surface area (Å²) in [5.74, 6) is 2.32. The normalized spacial score (nSPS) is 10.2. The van der Waals surface area contributed by atoms with Crippen molar-refractivity contribution in [2.75, 3.05) is 7.11 Å². The van der Waals surface area contributed by atoms with Crippen LogP contribution in [0.1, 0.15) is 5.56 Å². The van der Waals surface area contributed by atoms with Crippen molar-refractivity contribution in [2.24, 2.45) is 5.73 Å². The Hall–Kier alpha value is -1.52. The lowest BCUT2D eigenvalue weighted by Gasteiger charge is -2.11. The molecule has 4 heteroatoms. The second kappa shape index (κ2) is 5.89. The Balaban J connectivity index is 2.24. The molecule has 0 saturated heterocycles. The van der Waals surface area contributed by atoms with Gasteiger partial charge in [-0.3, -0.25) is 0 Å². The fourth-order valence-electron chi connectivity index (χ4n) is 1.56. The summed E-state index contributed by atoms with van der Waals surface area (Å²) in [6.45, 7) is 0.443. The summed E-state index contributed by atoms with van der Waals surface area (Å²) in [7, 11) is 1.64. The van der Waals surface area contributed by atoms with Gasteiger partial charge in [-0.25, -0.2) is 0 Å². The predicted molar refractivity (Wildman–Crippen MR) is 75.1 cm³/mol. The van der Waals surface area contributed by atoms with Crippen LogP contribution in [0.3, 0.4) is 0 Å². The molecule has 0 atom stereocenters. The van der Waals surface area contributed by atoms with Gasteiger partial charge in [-0.15, -0.1) is 0 Å². The molecule has 94 valence electrons. The molecule has 0 bridgehead atoms.